The first kappa shape index (κ1) is 10.4. The SMILES string of the molecule is C[CH2][Bi]([CH3])[CH](C)C(=O)OC. The molecule has 1 atom stereocenters. The van der Waals surface area contributed by atoms with Gasteiger partial charge in [0.25, 0.3) is 0 Å². The Bertz CT molecular complexity index is 114. The van der Waals surface area contributed by atoms with Gasteiger partial charge in [-0.05, 0) is 0 Å². The number of hydrogen-bond donors (Lipinski definition) is 0. The van der Waals surface area contributed by atoms with Gasteiger partial charge in [-0.2, -0.15) is 0 Å². The van der Waals surface area contributed by atoms with Crippen LogP contribution in [0.25, 0.3) is 0 Å². The summed E-state index contributed by atoms with van der Waals surface area (Å²) in [5.74, 6) is -0.0119. The molecule has 0 fully saturated rings. The monoisotopic (exact) mass is 340 g/mol. The molecule has 0 aliphatic heterocycles. The van der Waals surface area contributed by atoms with E-state index in [1.807, 2.05) is 6.92 Å². The average molecular weight is 340 g/mol. The normalized spacial score (nSPS) is 13.3. The third kappa shape index (κ3) is 2.96. The minimum atomic E-state index is -1.41. The summed E-state index contributed by atoms with van der Waals surface area (Å²) >= 11 is -1.41. The second-order valence-electron chi connectivity index (χ2n) is 2.27. The molecular weight excluding hydrogens is 325 g/mol. The van der Waals surface area contributed by atoms with Crippen LogP contribution in [0.5, 0.6) is 0 Å². The molecule has 0 aromatic carbocycles. The second kappa shape index (κ2) is 5.06. The van der Waals surface area contributed by atoms with Crippen LogP contribution in [-0.4, -0.2) is 34.8 Å². The van der Waals surface area contributed by atoms with E-state index < -0.39 is 21.8 Å². The fraction of sp³-hybridized carbons (Fsp3) is 0.857. The van der Waals surface area contributed by atoms with Crippen LogP contribution in [0, 0.1) is 0 Å². The van der Waals surface area contributed by atoms with E-state index in [9.17, 15) is 4.79 Å². The van der Waals surface area contributed by atoms with E-state index in [-0.39, 0.29) is 9.60 Å². The Kier molecular flexibility index (Phi) is 5.24. The Balaban J connectivity index is 3.81. The van der Waals surface area contributed by atoms with Crippen molar-refractivity contribution in [3.05, 3.63) is 0 Å². The molecule has 0 spiro atoms. The first-order chi connectivity index (χ1) is 4.63. The third-order valence-electron chi connectivity index (χ3n) is 1.70. The molecule has 0 aromatic heterocycles. The number of carbonyl (C=O) groups excluding carboxylic acids is 1. The molecule has 0 aliphatic carbocycles. The maximum atomic E-state index is 10.9. The molecular formula is C7H15BiO2. The zero-order valence-corrected chi connectivity index (χ0v) is 10.5. The van der Waals surface area contributed by atoms with Crippen molar-refractivity contribution in [2.75, 3.05) is 7.11 Å². The van der Waals surface area contributed by atoms with Crippen LogP contribution in [0.3, 0.4) is 0 Å². The van der Waals surface area contributed by atoms with Crippen molar-refractivity contribution in [3.8, 4) is 0 Å². The molecule has 0 bridgehead atoms. The van der Waals surface area contributed by atoms with E-state index in [1.54, 1.807) is 0 Å². The van der Waals surface area contributed by atoms with Crippen LogP contribution in [-0.2, 0) is 9.53 Å². The molecule has 3 heteroatoms. The third-order valence-corrected chi connectivity index (χ3v) is 11.5. The summed E-state index contributed by atoms with van der Waals surface area (Å²) in [7, 11) is 1.46. The number of rotatable bonds is 3. The maximum absolute atomic E-state index is 10.9. The standard InChI is InChI=1S/C4H7O2.C2H5.CH3.Bi/c1-3-4(5)6-2;1-2;;/h3H,1-2H3;1H2,2H3;1H3;. The fourth-order valence-electron chi connectivity index (χ4n) is 0.624. The number of carbonyl (C=O) groups is 1. The quantitative estimate of drug-likeness (QED) is 0.577. The number of ether oxygens (including phenoxy) is 1. The summed E-state index contributed by atoms with van der Waals surface area (Å²) in [6.07, 6.45) is 0. The van der Waals surface area contributed by atoms with E-state index in [1.165, 1.54) is 11.2 Å². The molecule has 0 radical (unpaired) electrons. The molecule has 2 nitrogen and oxygen atoms in total. The molecule has 0 N–H and O–H groups in total. The summed E-state index contributed by atoms with van der Waals surface area (Å²) in [5, 5.41) is 0. The van der Waals surface area contributed by atoms with Gasteiger partial charge in [0.15, 0.2) is 0 Å². The molecule has 60 valence electrons. The zero-order chi connectivity index (χ0) is 8.15. The van der Waals surface area contributed by atoms with Crippen LogP contribution >= 0.6 is 0 Å². The predicted molar refractivity (Wildman–Crippen MR) is 43.5 cm³/mol. The van der Waals surface area contributed by atoms with Gasteiger partial charge in [-0.15, -0.1) is 0 Å². The van der Waals surface area contributed by atoms with E-state index in [4.69, 9.17) is 0 Å². The van der Waals surface area contributed by atoms with Crippen molar-refractivity contribution < 1.29 is 9.53 Å². The van der Waals surface area contributed by atoms with E-state index in [2.05, 4.69) is 16.3 Å². The molecule has 0 saturated heterocycles. The van der Waals surface area contributed by atoms with Crippen molar-refractivity contribution >= 4 is 27.7 Å². The first-order valence-electron chi connectivity index (χ1n) is 3.41. The molecule has 0 aliphatic rings. The van der Waals surface area contributed by atoms with Crippen molar-refractivity contribution in [1.29, 1.82) is 0 Å². The number of hydrogen-bond acceptors (Lipinski definition) is 2. The van der Waals surface area contributed by atoms with Gasteiger partial charge in [0.1, 0.15) is 0 Å². The average Bonchev–Trinajstić information content (AvgIpc) is 2.00. The summed E-state index contributed by atoms with van der Waals surface area (Å²) in [6, 6.07) is 0. The molecule has 10 heavy (non-hydrogen) atoms. The van der Waals surface area contributed by atoms with E-state index in [0.717, 1.165) is 0 Å². The van der Waals surface area contributed by atoms with Crippen LogP contribution < -0.4 is 0 Å². The van der Waals surface area contributed by atoms with E-state index in [0.29, 0.717) is 0 Å². The van der Waals surface area contributed by atoms with Crippen molar-refractivity contribution in [2.45, 2.75) is 26.2 Å². The van der Waals surface area contributed by atoms with Crippen LogP contribution in [0.1, 0.15) is 13.8 Å². The number of esters is 1. The molecule has 0 saturated carbocycles. The van der Waals surface area contributed by atoms with Crippen molar-refractivity contribution in [1.82, 2.24) is 0 Å². The zero-order valence-electron chi connectivity index (χ0n) is 7.05. The Hall–Kier alpha value is 0.353. The van der Waals surface area contributed by atoms with Gasteiger partial charge in [0.05, 0.1) is 0 Å². The topological polar surface area (TPSA) is 26.3 Å². The summed E-state index contributed by atoms with van der Waals surface area (Å²) in [5.41, 5.74) is 0. The Labute approximate surface area is 70.6 Å². The van der Waals surface area contributed by atoms with Crippen molar-refractivity contribution in [2.24, 2.45) is 0 Å². The Morgan fingerprint density at radius 3 is 2.50 bits per heavy atom. The van der Waals surface area contributed by atoms with Gasteiger partial charge in [0.2, 0.25) is 0 Å². The van der Waals surface area contributed by atoms with Gasteiger partial charge in [0, 0.05) is 0 Å². The van der Waals surface area contributed by atoms with Crippen molar-refractivity contribution in [3.63, 3.8) is 0 Å². The van der Waals surface area contributed by atoms with Gasteiger partial charge in [-0.3, -0.25) is 0 Å². The van der Waals surface area contributed by atoms with Crippen LogP contribution in [0.15, 0.2) is 0 Å². The Morgan fingerprint density at radius 1 is 1.70 bits per heavy atom. The van der Waals surface area contributed by atoms with Gasteiger partial charge < -0.3 is 0 Å². The number of methoxy groups -OCH3 is 1. The van der Waals surface area contributed by atoms with E-state index >= 15 is 0 Å². The summed E-state index contributed by atoms with van der Waals surface area (Å²) in [4.78, 5) is 10.9. The second-order valence-corrected chi connectivity index (χ2v) is 13.6. The molecule has 1 unspecified atom stereocenters. The minimum absolute atomic E-state index is 0.0119. The van der Waals surface area contributed by atoms with Gasteiger partial charge in [-0.1, -0.05) is 0 Å². The predicted octanol–water partition coefficient (Wildman–Crippen LogP) is 1.69. The molecule has 0 rings (SSSR count). The first-order valence-corrected chi connectivity index (χ1v) is 11.4. The van der Waals surface area contributed by atoms with Gasteiger partial charge >= 0.3 is 70.6 Å². The molecule has 0 heterocycles. The fourth-order valence-corrected chi connectivity index (χ4v) is 4.56. The van der Waals surface area contributed by atoms with Crippen LogP contribution in [0.2, 0.25) is 12.4 Å². The molecule has 0 aromatic rings. The van der Waals surface area contributed by atoms with Gasteiger partial charge in [-0.25, -0.2) is 0 Å². The summed E-state index contributed by atoms with van der Waals surface area (Å²) in [6.45, 7) is 4.16. The summed E-state index contributed by atoms with van der Waals surface area (Å²) < 4.78 is 8.38. The van der Waals surface area contributed by atoms with Crippen LogP contribution in [0.4, 0.5) is 0 Å². The Morgan fingerprint density at radius 2 is 2.20 bits per heavy atom. The molecule has 0 amide bonds.